The van der Waals surface area contributed by atoms with Crippen molar-refractivity contribution in [2.75, 3.05) is 18.1 Å². The first-order valence-corrected chi connectivity index (χ1v) is 12.9. The number of fused-ring (bicyclic) bond motifs is 3. The highest BCUT2D eigenvalue weighted by Crippen LogP contribution is 2.51. The number of aliphatic imine (C=N–C) groups is 1. The fourth-order valence-corrected chi connectivity index (χ4v) is 9.13. The molecule has 4 aliphatic rings. The van der Waals surface area contributed by atoms with Gasteiger partial charge in [0.25, 0.3) is 5.91 Å². The second-order valence-corrected chi connectivity index (χ2v) is 13.0. The molecule has 0 spiro atoms. The second-order valence-electron chi connectivity index (χ2n) is 9.59. The van der Waals surface area contributed by atoms with Crippen LogP contribution in [0.1, 0.15) is 46.5 Å². The van der Waals surface area contributed by atoms with E-state index in [9.17, 15) is 18.0 Å². The molecule has 5 atom stereocenters. The number of nitrogens with one attached hydrogen (secondary N) is 1. The molecule has 2 saturated carbocycles. The summed E-state index contributed by atoms with van der Waals surface area (Å²) in [5.41, 5.74) is -0.637. The summed E-state index contributed by atoms with van der Waals surface area (Å²) in [7, 11) is -3.05. The first-order valence-electron chi connectivity index (χ1n) is 10.2. The average Bonchev–Trinajstić information content (AvgIpc) is 3.30. The number of hydrogen-bond donors (Lipinski definition) is 1. The van der Waals surface area contributed by atoms with Crippen LogP contribution in [0.4, 0.5) is 4.79 Å². The molecule has 2 heterocycles. The average molecular weight is 444 g/mol. The summed E-state index contributed by atoms with van der Waals surface area (Å²) in [5, 5.41) is 3.01. The van der Waals surface area contributed by atoms with E-state index in [1.54, 1.807) is 20.8 Å². The van der Waals surface area contributed by atoms with Crippen LogP contribution in [-0.2, 0) is 19.4 Å². The molecule has 10 heteroatoms. The van der Waals surface area contributed by atoms with E-state index in [2.05, 4.69) is 15.2 Å². The molecular weight excluding hydrogens is 414 g/mol. The van der Waals surface area contributed by atoms with Crippen molar-refractivity contribution in [1.82, 2.24) is 10.2 Å². The lowest BCUT2D eigenvalue weighted by molar-refractivity contribution is -0.117. The standard InChI is InChI=1S/C19H29N3O5S2/c1-19(2,3)27-18(24)20-8-16(23)21-17-22(13-7-11-4-5-12(13)6-11)14-9-29(25,26)10-15(14)28-17/h11-15H,4-10H2,1-3H3,(H,20,24)/t11-,12-,13-,14-,15+/m0/s1. The van der Waals surface area contributed by atoms with Crippen molar-refractivity contribution in [2.24, 2.45) is 16.8 Å². The molecule has 2 saturated heterocycles. The van der Waals surface area contributed by atoms with Gasteiger partial charge in [-0.15, -0.1) is 0 Å². The lowest BCUT2D eigenvalue weighted by Gasteiger charge is -2.36. The first kappa shape index (κ1) is 21.0. The highest BCUT2D eigenvalue weighted by molar-refractivity contribution is 8.15. The highest BCUT2D eigenvalue weighted by atomic mass is 32.2. The van der Waals surface area contributed by atoms with E-state index in [1.165, 1.54) is 31.0 Å². The van der Waals surface area contributed by atoms with Crippen molar-refractivity contribution in [3.8, 4) is 0 Å². The molecule has 0 aromatic rings. The molecule has 8 nitrogen and oxygen atoms in total. The van der Waals surface area contributed by atoms with Gasteiger partial charge in [-0.2, -0.15) is 4.99 Å². The third kappa shape index (κ3) is 4.57. The van der Waals surface area contributed by atoms with E-state index in [0.29, 0.717) is 17.0 Å². The van der Waals surface area contributed by atoms with Crippen LogP contribution in [0.2, 0.25) is 0 Å². The van der Waals surface area contributed by atoms with Crippen LogP contribution in [0.3, 0.4) is 0 Å². The minimum atomic E-state index is -3.05. The van der Waals surface area contributed by atoms with Crippen molar-refractivity contribution in [1.29, 1.82) is 0 Å². The predicted molar refractivity (Wildman–Crippen MR) is 112 cm³/mol. The maximum absolute atomic E-state index is 12.4. The molecule has 0 radical (unpaired) electrons. The minimum Gasteiger partial charge on any atom is -0.444 e. The molecule has 4 rings (SSSR count). The van der Waals surface area contributed by atoms with E-state index in [4.69, 9.17) is 4.74 Å². The Bertz CT molecular complexity index is 835. The van der Waals surface area contributed by atoms with Gasteiger partial charge in [-0.3, -0.25) is 4.79 Å². The monoisotopic (exact) mass is 443 g/mol. The van der Waals surface area contributed by atoms with Gasteiger partial charge in [0.15, 0.2) is 15.0 Å². The lowest BCUT2D eigenvalue weighted by Crippen LogP contribution is -2.47. The molecule has 29 heavy (non-hydrogen) atoms. The van der Waals surface area contributed by atoms with Gasteiger partial charge in [0.05, 0.1) is 17.5 Å². The molecule has 4 fully saturated rings. The quantitative estimate of drug-likeness (QED) is 0.709. The lowest BCUT2D eigenvalue weighted by atomic mass is 9.93. The van der Waals surface area contributed by atoms with Crippen LogP contribution in [0, 0.1) is 11.8 Å². The van der Waals surface area contributed by atoms with Gasteiger partial charge in [-0.1, -0.05) is 18.2 Å². The Morgan fingerprint density at radius 2 is 1.97 bits per heavy atom. The van der Waals surface area contributed by atoms with Crippen LogP contribution in [-0.4, -0.2) is 71.5 Å². The van der Waals surface area contributed by atoms with E-state index in [1.807, 2.05) is 0 Å². The van der Waals surface area contributed by atoms with Crippen molar-refractivity contribution in [3.05, 3.63) is 0 Å². The third-order valence-corrected chi connectivity index (χ3v) is 9.39. The normalized spacial score (nSPS) is 36.4. The van der Waals surface area contributed by atoms with E-state index in [-0.39, 0.29) is 35.4 Å². The Balaban J connectivity index is 1.46. The second kappa shape index (κ2) is 7.44. The third-order valence-electron chi connectivity index (χ3n) is 6.17. The summed E-state index contributed by atoms with van der Waals surface area (Å²) in [5.74, 6) is 1.10. The van der Waals surface area contributed by atoms with Crippen molar-refractivity contribution < 1.29 is 22.7 Å². The maximum atomic E-state index is 12.4. The number of amides is 2. The van der Waals surface area contributed by atoms with Crippen LogP contribution in [0.15, 0.2) is 4.99 Å². The van der Waals surface area contributed by atoms with Crippen molar-refractivity contribution >= 4 is 38.8 Å². The molecule has 0 aromatic carbocycles. The highest BCUT2D eigenvalue weighted by Gasteiger charge is 2.54. The van der Waals surface area contributed by atoms with Crippen LogP contribution in [0.5, 0.6) is 0 Å². The van der Waals surface area contributed by atoms with E-state index < -0.39 is 27.4 Å². The van der Waals surface area contributed by atoms with Crippen molar-refractivity contribution in [2.45, 2.75) is 69.4 Å². The zero-order valence-corrected chi connectivity index (χ0v) is 18.7. The summed E-state index contributed by atoms with van der Waals surface area (Å²) < 4.78 is 29.5. The first-order chi connectivity index (χ1) is 13.5. The SMILES string of the molecule is CC(C)(C)OC(=O)NCC(=O)N=C1S[C@@H]2CS(=O)(=O)C[C@@H]2N1[C@H]1C[C@H]2CC[C@H]1C2. The fourth-order valence-electron chi connectivity index (χ4n) is 5.14. The predicted octanol–water partition coefficient (Wildman–Crippen LogP) is 1.80. The topological polar surface area (TPSA) is 105 Å². The number of thioether (sulfide) groups is 1. The van der Waals surface area contributed by atoms with Crippen LogP contribution >= 0.6 is 11.8 Å². The van der Waals surface area contributed by atoms with Gasteiger partial charge in [-0.25, -0.2) is 13.2 Å². The van der Waals surface area contributed by atoms with Crippen LogP contribution in [0.25, 0.3) is 0 Å². The Labute approximate surface area is 176 Å². The number of hydrogen-bond acceptors (Lipinski definition) is 6. The van der Waals surface area contributed by atoms with Crippen molar-refractivity contribution in [3.63, 3.8) is 0 Å². The molecule has 2 amide bonds. The summed E-state index contributed by atoms with van der Waals surface area (Å²) in [6, 6.07) is 0.176. The fraction of sp³-hybridized carbons (Fsp3) is 0.842. The molecule has 1 N–H and O–H groups in total. The van der Waals surface area contributed by atoms with E-state index >= 15 is 0 Å². The van der Waals surface area contributed by atoms with Gasteiger partial charge in [0.2, 0.25) is 0 Å². The molecule has 0 aromatic heterocycles. The Hall–Kier alpha value is -1.29. The summed E-state index contributed by atoms with van der Waals surface area (Å²) >= 11 is 1.41. The van der Waals surface area contributed by atoms with Crippen LogP contribution < -0.4 is 5.32 Å². The largest absolute Gasteiger partial charge is 0.444 e. The van der Waals surface area contributed by atoms with Gasteiger partial charge < -0.3 is 15.0 Å². The Morgan fingerprint density at radius 1 is 1.21 bits per heavy atom. The molecule has 162 valence electrons. The molecule has 2 bridgehead atoms. The number of ether oxygens (including phenoxy) is 1. The molecule has 2 aliphatic carbocycles. The minimum absolute atomic E-state index is 0.0653. The number of nitrogens with zero attached hydrogens (tertiary/aromatic N) is 2. The smallest absolute Gasteiger partial charge is 0.408 e. The maximum Gasteiger partial charge on any atom is 0.408 e. The number of amidine groups is 1. The summed E-state index contributed by atoms with van der Waals surface area (Å²) in [6.45, 7) is 5.02. The number of carbonyl (C=O) groups excluding carboxylic acids is 2. The number of alkyl carbamates (subject to hydrolysis) is 1. The molecular formula is C19H29N3O5S2. The zero-order chi connectivity index (χ0) is 21.0. The molecule has 0 unspecified atom stereocenters. The number of sulfone groups is 1. The Morgan fingerprint density at radius 3 is 2.59 bits per heavy atom. The summed E-state index contributed by atoms with van der Waals surface area (Å²) in [4.78, 5) is 30.6. The Kier molecular flexibility index (Phi) is 5.38. The molecule has 2 aliphatic heterocycles. The van der Waals surface area contributed by atoms with Gasteiger partial charge >= 0.3 is 6.09 Å². The number of rotatable bonds is 3. The summed E-state index contributed by atoms with van der Waals surface area (Å²) in [6.07, 6.45) is 4.01. The van der Waals surface area contributed by atoms with E-state index in [0.717, 1.165) is 6.42 Å². The number of carbonyl (C=O) groups is 2. The zero-order valence-electron chi connectivity index (χ0n) is 17.1. The van der Waals surface area contributed by atoms with Gasteiger partial charge in [-0.05, 0) is 51.9 Å². The van der Waals surface area contributed by atoms with Gasteiger partial charge in [0.1, 0.15) is 12.1 Å². The van der Waals surface area contributed by atoms with Gasteiger partial charge in [0, 0.05) is 11.3 Å².